The molecule has 2 rings (SSSR count). The highest BCUT2D eigenvalue weighted by Gasteiger charge is 2.31. The molecule has 3 unspecified atom stereocenters. The van der Waals surface area contributed by atoms with Gasteiger partial charge >= 0.3 is 0 Å². The third-order valence-electron chi connectivity index (χ3n) is 5.09. The molecule has 130 valence electrons. The first-order chi connectivity index (χ1) is 10.0. The molecule has 0 aromatic carbocycles. The predicted octanol–water partition coefficient (Wildman–Crippen LogP) is 1.59. The van der Waals surface area contributed by atoms with Crippen LogP contribution in [0.1, 0.15) is 33.6 Å². The second-order valence-corrected chi connectivity index (χ2v) is 7.01. The SMILES string of the molecule is CN=C(NCC1CCCN1C)NC1CN(C(C)C)CC1C.I. The molecular formula is C16H34IN5. The van der Waals surface area contributed by atoms with Gasteiger partial charge in [-0.05, 0) is 46.2 Å². The van der Waals surface area contributed by atoms with Gasteiger partial charge in [-0.25, -0.2) is 0 Å². The average molecular weight is 423 g/mol. The maximum atomic E-state index is 4.40. The number of halogens is 1. The number of guanidine groups is 1. The van der Waals surface area contributed by atoms with E-state index in [9.17, 15) is 0 Å². The standard InChI is InChI=1S/C16H33N5.HI/c1-12(2)21-10-13(3)15(11-21)19-16(17-4)18-9-14-7-6-8-20(14)5;/h12-15H,6-11H2,1-5H3,(H2,17,18,19);1H. The zero-order chi connectivity index (χ0) is 15.4. The summed E-state index contributed by atoms with van der Waals surface area (Å²) in [5.41, 5.74) is 0. The van der Waals surface area contributed by atoms with Gasteiger partial charge in [0.05, 0.1) is 0 Å². The van der Waals surface area contributed by atoms with Crippen LogP contribution in [-0.4, -0.2) is 74.2 Å². The van der Waals surface area contributed by atoms with E-state index in [0.29, 0.717) is 24.0 Å². The molecule has 3 atom stereocenters. The van der Waals surface area contributed by atoms with Crippen LogP contribution in [0.4, 0.5) is 0 Å². The van der Waals surface area contributed by atoms with Gasteiger partial charge in [-0.2, -0.15) is 0 Å². The quantitative estimate of drug-likeness (QED) is 0.410. The summed E-state index contributed by atoms with van der Waals surface area (Å²) in [4.78, 5) is 9.38. The van der Waals surface area contributed by atoms with Gasteiger partial charge in [-0.1, -0.05) is 6.92 Å². The van der Waals surface area contributed by atoms with Gasteiger partial charge in [0.1, 0.15) is 0 Å². The molecule has 0 bridgehead atoms. The Balaban J connectivity index is 0.00000242. The molecule has 6 heteroatoms. The van der Waals surface area contributed by atoms with E-state index in [-0.39, 0.29) is 24.0 Å². The zero-order valence-electron chi connectivity index (χ0n) is 14.8. The van der Waals surface area contributed by atoms with Gasteiger partial charge < -0.3 is 15.5 Å². The Hall–Kier alpha value is -0.0800. The largest absolute Gasteiger partial charge is 0.355 e. The van der Waals surface area contributed by atoms with Crippen LogP contribution >= 0.6 is 24.0 Å². The summed E-state index contributed by atoms with van der Waals surface area (Å²) in [6.45, 7) is 11.4. The van der Waals surface area contributed by atoms with Crippen LogP contribution in [0.3, 0.4) is 0 Å². The first kappa shape index (κ1) is 20.0. The molecule has 5 nitrogen and oxygen atoms in total. The van der Waals surface area contributed by atoms with Crippen molar-refractivity contribution in [2.75, 3.05) is 40.3 Å². The summed E-state index contributed by atoms with van der Waals surface area (Å²) < 4.78 is 0. The molecule has 0 radical (unpaired) electrons. The van der Waals surface area contributed by atoms with Crippen LogP contribution in [0.25, 0.3) is 0 Å². The summed E-state index contributed by atoms with van der Waals surface area (Å²) in [6, 6.07) is 1.78. The van der Waals surface area contributed by atoms with Crippen molar-refractivity contribution in [2.24, 2.45) is 10.9 Å². The van der Waals surface area contributed by atoms with E-state index in [4.69, 9.17) is 0 Å². The Labute approximate surface area is 153 Å². The van der Waals surface area contributed by atoms with Gasteiger partial charge in [0.25, 0.3) is 0 Å². The van der Waals surface area contributed by atoms with Crippen LogP contribution in [-0.2, 0) is 0 Å². The molecule has 0 aliphatic carbocycles. The number of nitrogens with zero attached hydrogens (tertiary/aromatic N) is 3. The molecule has 2 fully saturated rings. The fraction of sp³-hybridized carbons (Fsp3) is 0.938. The Morgan fingerprint density at radius 2 is 2.05 bits per heavy atom. The normalized spacial score (nSPS) is 30.6. The summed E-state index contributed by atoms with van der Waals surface area (Å²) in [5.74, 6) is 1.62. The molecule has 2 heterocycles. The first-order valence-electron chi connectivity index (χ1n) is 8.42. The summed E-state index contributed by atoms with van der Waals surface area (Å²) >= 11 is 0. The third kappa shape index (κ3) is 5.23. The van der Waals surface area contributed by atoms with Gasteiger partial charge in [0.15, 0.2) is 5.96 Å². The first-order valence-corrected chi connectivity index (χ1v) is 8.42. The van der Waals surface area contributed by atoms with Crippen molar-refractivity contribution in [1.82, 2.24) is 20.4 Å². The third-order valence-corrected chi connectivity index (χ3v) is 5.09. The van der Waals surface area contributed by atoms with E-state index in [2.05, 4.69) is 53.2 Å². The van der Waals surface area contributed by atoms with E-state index >= 15 is 0 Å². The van der Waals surface area contributed by atoms with Gasteiger partial charge in [0.2, 0.25) is 0 Å². The van der Waals surface area contributed by atoms with Crippen molar-refractivity contribution >= 4 is 29.9 Å². The molecule has 2 aliphatic heterocycles. The van der Waals surface area contributed by atoms with Crippen molar-refractivity contribution in [3.8, 4) is 0 Å². The molecule has 0 saturated carbocycles. The Morgan fingerprint density at radius 1 is 1.32 bits per heavy atom. The van der Waals surface area contributed by atoms with Crippen LogP contribution in [0, 0.1) is 5.92 Å². The van der Waals surface area contributed by atoms with Gasteiger partial charge in [-0.15, -0.1) is 24.0 Å². The summed E-state index contributed by atoms with van der Waals surface area (Å²) in [5, 5.41) is 7.13. The van der Waals surface area contributed by atoms with E-state index in [1.165, 1.54) is 25.9 Å². The number of hydrogen-bond donors (Lipinski definition) is 2. The minimum absolute atomic E-state index is 0. The van der Waals surface area contributed by atoms with E-state index in [1.54, 1.807) is 0 Å². The maximum absolute atomic E-state index is 4.40. The molecule has 0 spiro atoms. The number of rotatable bonds is 4. The summed E-state index contributed by atoms with van der Waals surface area (Å²) in [7, 11) is 4.09. The van der Waals surface area contributed by atoms with E-state index < -0.39 is 0 Å². The minimum atomic E-state index is 0. The maximum Gasteiger partial charge on any atom is 0.191 e. The lowest BCUT2D eigenvalue weighted by Crippen LogP contribution is -2.49. The second-order valence-electron chi connectivity index (χ2n) is 7.01. The number of aliphatic imine (C=N–C) groups is 1. The number of nitrogens with one attached hydrogen (secondary N) is 2. The van der Waals surface area contributed by atoms with Crippen LogP contribution in [0.5, 0.6) is 0 Å². The number of likely N-dealkylation sites (tertiary alicyclic amines) is 2. The summed E-state index contributed by atoms with van der Waals surface area (Å²) in [6.07, 6.45) is 2.61. The topological polar surface area (TPSA) is 42.9 Å². The molecule has 2 N–H and O–H groups in total. The fourth-order valence-corrected chi connectivity index (χ4v) is 3.44. The van der Waals surface area contributed by atoms with Crippen molar-refractivity contribution in [1.29, 1.82) is 0 Å². The van der Waals surface area contributed by atoms with E-state index in [1.807, 2.05) is 7.05 Å². The molecule has 0 amide bonds. The highest BCUT2D eigenvalue weighted by atomic mass is 127. The van der Waals surface area contributed by atoms with Crippen LogP contribution in [0.15, 0.2) is 4.99 Å². The lowest BCUT2D eigenvalue weighted by molar-refractivity contribution is 0.265. The zero-order valence-corrected chi connectivity index (χ0v) is 17.1. The Bertz CT molecular complexity index is 360. The molecule has 0 aromatic heterocycles. The lowest BCUT2D eigenvalue weighted by Gasteiger charge is -2.24. The molecule has 2 saturated heterocycles. The number of hydrogen-bond acceptors (Lipinski definition) is 3. The minimum Gasteiger partial charge on any atom is -0.355 e. The van der Waals surface area contributed by atoms with Gasteiger partial charge in [0, 0.05) is 44.8 Å². The monoisotopic (exact) mass is 423 g/mol. The highest BCUT2D eigenvalue weighted by molar-refractivity contribution is 14.0. The molecule has 22 heavy (non-hydrogen) atoms. The van der Waals surface area contributed by atoms with Gasteiger partial charge in [-0.3, -0.25) is 9.89 Å². The van der Waals surface area contributed by atoms with Crippen molar-refractivity contribution in [2.45, 2.75) is 51.7 Å². The fourth-order valence-electron chi connectivity index (χ4n) is 3.44. The van der Waals surface area contributed by atoms with Crippen molar-refractivity contribution in [3.63, 3.8) is 0 Å². The predicted molar refractivity (Wildman–Crippen MR) is 105 cm³/mol. The molecule has 0 aromatic rings. The van der Waals surface area contributed by atoms with E-state index in [0.717, 1.165) is 19.0 Å². The Kier molecular flexibility index (Phi) is 8.42. The van der Waals surface area contributed by atoms with Crippen molar-refractivity contribution < 1.29 is 0 Å². The smallest absolute Gasteiger partial charge is 0.191 e. The van der Waals surface area contributed by atoms with Crippen molar-refractivity contribution in [3.05, 3.63) is 0 Å². The average Bonchev–Trinajstić information content (AvgIpc) is 3.01. The Morgan fingerprint density at radius 3 is 2.55 bits per heavy atom. The van der Waals surface area contributed by atoms with Crippen LogP contribution < -0.4 is 10.6 Å². The lowest BCUT2D eigenvalue weighted by atomic mass is 10.1. The highest BCUT2D eigenvalue weighted by Crippen LogP contribution is 2.18. The molecular weight excluding hydrogens is 389 g/mol. The number of likely N-dealkylation sites (N-methyl/N-ethyl adjacent to an activating group) is 1. The second kappa shape index (κ2) is 9.27. The van der Waals surface area contributed by atoms with Crippen LogP contribution in [0.2, 0.25) is 0 Å². The molecule has 2 aliphatic rings.